The second-order valence-corrected chi connectivity index (χ2v) is 4.27. The Bertz CT molecular complexity index is 342. The van der Waals surface area contributed by atoms with Gasteiger partial charge in [0.2, 0.25) is 0 Å². The molecule has 2 nitrogen and oxygen atoms in total. The SMILES string of the molecule is COc1ccc(CC(C)N)c(F)c1SC. The van der Waals surface area contributed by atoms with Crippen LogP contribution in [-0.2, 0) is 6.42 Å². The number of rotatable bonds is 4. The number of nitrogens with two attached hydrogens (primary N) is 1. The van der Waals surface area contributed by atoms with Crippen molar-refractivity contribution in [3.05, 3.63) is 23.5 Å². The molecular formula is C11H16FNOS. The average molecular weight is 229 g/mol. The molecular weight excluding hydrogens is 213 g/mol. The lowest BCUT2D eigenvalue weighted by atomic mass is 10.1. The van der Waals surface area contributed by atoms with Crippen molar-refractivity contribution < 1.29 is 9.13 Å². The zero-order valence-electron chi connectivity index (χ0n) is 9.21. The molecule has 1 aromatic carbocycles. The first-order valence-electron chi connectivity index (χ1n) is 4.75. The molecule has 0 saturated carbocycles. The van der Waals surface area contributed by atoms with Crippen LogP contribution in [0.3, 0.4) is 0 Å². The second-order valence-electron chi connectivity index (χ2n) is 3.46. The first kappa shape index (κ1) is 12.3. The van der Waals surface area contributed by atoms with Crippen LogP contribution in [-0.4, -0.2) is 19.4 Å². The van der Waals surface area contributed by atoms with Gasteiger partial charge in [0.15, 0.2) is 0 Å². The fraction of sp³-hybridized carbons (Fsp3) is 0.455. The monoisotopic (exact) mass is 229 g/mol. The van der Waals surface area contributed by atoms with Gasteiger partial charge in [0.1, 0.15) is 11.6 Å². The van der Waals surface area contributed by atoms with Crippen LogP contribution < -0.4 is 10.5 Å². The summed E-state index contributed by atoms with van der Waals surface area (Å²) in [6.45, 7) is 1.86. The molecule has 1 unspecified atom stereocenters. The highest BCUT2D eigenvalue weighted by Gasteiger charge is 2.13. The Morgan fingerprint density at radius 3 is 2.67 bits per heavy atom. The van der Waals surface area contributed by atoms with E-state index in [0.29, 0.717) is 22.6 Å². The molecule has 0 heterocycles. The van der Waals surface area contributed by atoms with Crippen LogP contribution in [0, 0.1) is 5.82 Å². The number of hydrogen-bond donors (Lipinski definition) is 1. The van der Waals surface area contributed by atoms with Crippen molar-refractivity contribution in [3.63, 3.8) is 0 Å². The Morgan fingerprint density at radius 1 is 1.53 bits per heavy atom. The van der Waals surface area contributed by atoms with Crippen molar-refractivity contribution in [1.82, 2.24) is 0 Å². The fourth-order valence-electron chi connectivity index (χ4n) is 1.43. The quantitative estimate of drug-likeness (QED) is 0.805. The van der Waals surface area contributed by atoms with Crippen molar-refractivity contribution in [2.75, 3.05) is 13.4 Å². The largest absolute Gasteiger partial charge is 0.495 e. The number of hydrogen-bond acceptors (Lipinski definition) is 3. The maximum Gasteiger partial charge on any atom is 0.143 e. The lowest BCUT2D eigenvalue weighted by Crippen LogP contribution is -2.18. The van der Waals surface area contributed by atoms with Gasteiger partial charge in [0.05, 0.1) is 12.0 Å². The van der Waals surface area contributed by atoms with Crippen LogP contribution >= 0.6 is 11.8 Å². The summed E-state index contributed by atoms with van der Waals surface area (Å²) in [6.07, 6.45) is 2.37. The minimum Gasteiger partial charge on any atom is -0.495 e. The van der Waals surface area contributed by atoms with Crippen molar-refractivity contribution in [2.24, 2.45) is 5.73 Å². The normalized spacial score (nSPS) is 12.6. The minimum absolute atomic E-state index is 0.0393. The number of ether oxygens (including phenoxy) is 1. The maximum absolute atomic E-state index is 13.9. The van der Waals surface area contributed by atoms with Crippen LogP contribution in [0.1, 0.15) is 12.5 Å². The maximum atomic E-state index is 13.9. The van der Waals surface area contributed by atoms with Gasteiger partial charge in [-0.1, -0.05) is 6.07 Å². The molecule has 0 aliphatic carbocycles. The fourth-order valence-corrected chi connectivity index (χ4v) is 2.10. The van der Waals surface area contributed by atoms with Crippen LogP contribution in [0.15, 0.2) is 17.0 Å². The molecule has 0 radical (unpaired) electrons. The van der Waals surface area contributed by atoms with Crippen LogP contribution in [0.25, 0.3) is 0 Å². The molecule has 0 saturated heterocycles. The zero-order chi connectivity index (χ0) is 11.4. The molecule has 4 heteroatoms. The lowest BCUT2D eigenvalue weighted by molar-refractivity contribution is 0.396. The molecule has 0 aliphatic rings. The number of thioether (sulfide) groups is 1. The molecule has 15 heavy (non-hydrogen) atoms. The standard InChI is InChI=1S/C11H16FNOS/c1-7(13)6-8-4-5-9(14-2)11(15-3)10(8)12/h4-5,7H,6,13H2,1-3H3. The Labute approximate surface area is 94.0 Å². The Hall–Kier alpha value is -0.740. The summed E-state index contributed by atoms with van der Waals surface area (Å²) in [4.78, 5) is 0.552. The van der Waals surface area contributed by atoms with E-state index in [1.807, 2.05) is 13.2 Å². The van der Waals surface area contributed by atoms with Gasteiger partial charge >= 0.3 is 0 Å². The van der Waals surface area contributed by atoms with Crippen molar-refractivity contribution in [3.8, 4) is 5.75 Å². The topological polar surface area (TPSA) is 35.2 Å². The van der Waals surface area contributed by atoms with E-state index in [1.165, 1.54) is 11.8 Å². The van der Waals surface area contributed by atoms with E-state index in [9.17, 15) is 4.39 Å². The van der Waals surface area contributed by atoms with Gasteiger partial charge in [-0.25, -0.2) is 4.39 Å². The van der Waals surface area contributed by atoms with E-state index in [2.05, 4.69) is 0 Å². The molecule has 0 spiro atoms. The zero-order valence-corrected chi connectivity index (χ0v) is 10.0. The predicted molar refractivity (Wildman–Crippen MR) is 62.1 cm³/mol. The van der Waals surface area contributed by atoms with Gasteiger partial charge < -0.3 is 10.5 Å². The smallest absolute Gasteiger partial charge is 0.143 e. The van der Waals surface area contributed by atoms with Gasteiger partial charge in [-0.05, 0) is 31.2 Å². The summed E-state index contributed by atoms with van der Waals surface area (Å²) >= 11 is 1.35. The molecule has 84 valence electrons. The molecule has 0 amide bonds. The van der Waals surface area contributed by atoms with Gasteiger partial charge in [0, 0.05) is 6.04 Å². The Morgan fingerprint density at radius 2 is 2.20 bits per heavy atom. The molecule has 0 fully saturated rings. The third-order valence-electron chi connectivity index (χ3n) is 2.11. The molecule has 0 bridgehead atoms. The molecule has 1 atom stereocenters. The Kier molecular flexibility index (Phi) is 4.42. The molecule has 1 rings (SSSR count). The van der Waals surface area contributed by atoms with E-state index in [1.54, 1.807) is 19.2 Å². The van der Waals surface area contributed by atoms with Gasteiger partial charge in [-0.2, -0.15) is 0 Å². The summed E-state index contributed by atoms with van der Waals surface area (Å²) in [5.74, 6) is 0.368. The first-order chi connectivity index (χ1) is 7.10. The van der Waals surface area contributed by atoms with E-state index in [0.717, 1.165) is 0 Å². The number of halogens is 1. The highest BCUT2D eigenvalue weighted by Crippen LogP contribution is 2.32. The van der Waals surface area contributed by atoms with Gasteiger partial charge in [-0.15, -0.1) is 11.8 Å². The van der Waals surface area contributed by atoms with Crippen molar-refractivity contribution in [1.29, 1.82) is 0 Å². The van der Waals surface area contributed by atoms with Crippen LogP contribution in [0.2, 0.25) is 0 Å². The van der Waals surface area contributed by atoms with Crippen molar-refractivity contribution in [2.45, 2.75) is 24.3 Å². The van der Waals surface area contributed by atoms with Crippen molar-refractivity contribution >= 4 is 11.8 Å². The summed E-state index contributed by atoms with van der Waals surface area (Å²) < 4.78 is 19.0. The van der Waals surface area contributed by atoms with Crippen LogP contribution in [0.4, 0.5) is 4.39 Å². The summed E-state index contributed by atoms with van der Waals surface area (Å²) in [5, 5.41) is 0. The summed E-state index contributed by atoms with van der Waals surface area (Å²) in [6, 6.07) is 3.48. The third-order valence-corrected chi connectivity index (χ3v) is 2.90. The number of methoxy groups -OCH3 is 1. The Balaban J connectivity index is 3.11. The first-order valence-corrected chi connectivity index (χ1v) is 5.97. The molecule has 2 N–H and O–H groups in total. The highest BCUT2D eigenvalue weighted by molar-refractivity contribution is 7.98. The highest BCUT2D eigenvalue weighted by atomic mass is 32.2. The summed E-state index contributed by atoms with van der Waals surface area (Å²) in [7, 11) is 1.54. The average Bonchev–Trinajstić information content (AvgIpc) is 2.20. The van der Waals surface area contributed by atoms with E-state index in [4.69, 9.17) is 10.5 Å². The second kappa shape index (κ2) is 5.37. The van der Waals surface area contributed by atoms with Crippen LogP contribution in [0.5, 0.6) is 5.75 Å². The van der Waals surface area contributed by atoms with Gasteiger partial charge in [-0.3, -0.25) is 0 Å². The number of benzene rings is 1. The third kappa shape index (κ3) is 2.86. The molecule has 0 aromatic heterocycles. The molecule has 0 aliphatic heterocycles. The predicted octanol–water partition coefficient (Wildman–Crippen LogP) is 2.45. The molecule has 1 aromatic rings. The summed E-state index contributed by atoms with van der Waals surface area (Å²) in [5.41, 5.74) is 6.30. The minimum atomic E-state index is -0.209. The lowest BCUT2D eigenvalue weighted by Gasteiger charge is -2.12. The van der Waals surface area contributed by atoms with Gasteiger partial charge in [0.25, 0.3) is 0 Å². The van der Waals surface area contributed by atoms with E-state index in [-0.39, 0.29) is 11.9 Å². The van der Waals surface area contributed by atoms with E-state index >= 15 is 0 Å². The van der Waals surface area contributed by atoms with E-state index < -0.39 is 0 Å².